The van der Waals surface area contributed by atoms with Gasteiger partial charge in [-0.3, -0.25) is 0 Å². The van der Waals surface area contributed by atoms with Crippen molar-refractivity contribution in [1.82, 2.24) is 0 Å². The molecule has 0 radical (unpaired) electrons. The van der Waals surface area contributed by atoms with E-state index in [0.717, 1.165) is 11.4 Å². The Morgan fingerprint density at radius 3 is 1.04 bits per heavy atom. The molecule has 0 saturated carbocycles. The second kappa shape index (κ2) is 16.1. The van der Waals surface area contributed by atoms with E-state index in [1.165, 1.54) is 111 Å². The van der Waals surface area contributed by atoms with Crippen molar-refractivity contribution < 1.29 is 0 Å². The van der Waals surface area contributed by atoms with E-state index in [1.54, 1.807) is 0 Å². The summed E-state index contributed by atoms with van der Waals surface area (Å²) in [6.45, 7) is 4.68. The van der Waals surface area contributed by atoms with E-state index < -0.39 is 5.41 Å². The molecule has 0 bridgehead atoms. The number of rotatable bonds is 5. The lowest BCUT2D eigenvalue weighted by molar-refractivity contribution is 0.660. The molecule has 0 atom stereocenters. The Morgan fingerprint density at radius 1 is 0.236 bits per heavy atom. The Balaban J connectivity index is 0.000000161. The minimum Gasteiger partial charge on any atom is -0.356 e. The van der Waals surface area contributed by atoms with Crippen LogP contribution in [0.3, 0.4) is 0 Å². The summed E-state index contributed by atoms with van der Waals surface area (Å²) in [7, 11) is 0. The largest absolute Gasteiger partial charge is 0.356 e. The predicted molar refractivity (Wildman–Crippen MR) is 299 cm³/mol. The summed E-state index contributed by atoms with van der Waals surface area (Å²) in [5.74, 6) is 0. The van der Waals surface area contributed by atoms with Crippen molar-refractivity contribution in [3.63, 3.8) is 0 Å². The maximum absolute atomic E-state index is 3.75. The summed E-state index contributed by atoms with van der Waals surface area (Å²) in [4.78, 5) is 0. The van der Waals surface area contributed by atoms with Crippen molar-refractivity contribution in [2.24, 2.45) is 0 Å². The van der Waals surface area contributed by atoms with Crippen molar-refractivity contribution in [3.05, 3.63) is 323 Å². The number of nitrogens with one attached hydrogen (secondary N) is 1. The number of fused-ring (bicyclic) bond motifs is 16. The molecule has 1 heteroatoms. The monoisotopic (exact) mass is 917 g/mol. The lowest BCUT2D eigenvalue weighted by Crippen LogP contribution is -2.28. The highest BCUT2D eigenvalue weighted by atomic mass is 14.9. The minimum atomic E-state index is -0.406. The van der Waals surface area contributed by atoms with Crippen LogP contribution in [0.15, 0.2) is 267 Å². The van der Waals surface area contributed by atoms with Gasteiger partial charge in [0.2, 0.25) is 0 Å². The molecule has 11 aromatic rings. The molecular formula is C71H51N. The summed E-state index contributed by atoms with van der Waals surface area (Å²) >= 11 is 0. The standard InChI is InChI=1S/C46H35N.C25H16/c1-45(2)41-19-11-9-17-37(41)39-27-23-32(29-43(39)45)31-21-24-35(25-22-31)47-36-26-28-40-38-18-10-12-20-42(38)46(44(40)30-36,33-13-5-3-6-14-33)34-15-7-4-8-16-34;1-5-13-21-17(9-1)18-10-2-6-14-22(18)25(21)23-15-7-3-11-19(23)20-12-4-8-16-24(20)25/h3-30,47H,1-2H3;1-16H. The third kappa shape index (κ3) is 5.95. The molecule has 340 valence electrons. The first-order valence-electron chi connectivity index (χ1n) is 25.3. The van der Waals surface area contributed by atoms with Gasteiger partial charge in [0.1, 0.15) is 0 Å². The van der Waals surface area contributed by atoms with E-state index in [2.05, 4.69) is 286 Å². The van der Waals surface area contributed by atoms with Crippen LogP contribution in [0.25, 0.3) is 55.6 Å². The van der Waals surface area contributed by atoms with Gasteiger partial charge in [-0.2, -0.15) is 0 Å². The molecule has 72 heavy (non-hydrogen) atoms. The second-order valence-corrected chi connectivity index (χ2v) is 20.4. The molecule has 15 rings (SSSR count). The van der Waals surface area contributed by atoms with Crippen LogP contribution in [0.1, 0.15) is 69.5 Å². The van der Waals surface area contributed by atoms with Crippen LogP contribution in [0, 0.1) is 0 Å². The van der Waals surface area contributed by atoms with Crippen LogP contribution in [0.4, 0.5) is 11.4 Å². The third-order valence-corrected chi connectivity index (χ3v) is 16.5. The Bertz CT molecular complexity index is 3690. The molecule has 11 aromatic carbocycles. The molecule has 0 amide bonds. The fraction of sp³-hybridized carbons (Fsp3) is 0.0704. The molecule has 0 aromatic heterocycles. The average Bonchev–Trinajstić information content (AvgIpc) is 4.10. The number of hydrogen-bond donors (Lipinski definition) is 1. The molecule has 0 unspecified atom stereocenters. The number of hydrogen-bond acceptors (Lipinski definition) is 1. The maximum atomic E-state index is 3.75. The van der Waals surface area contributed by atoms with Gasteiger partial charge < -0.3 is 5.32 Å². The van der Waals surface area contributed by atoms with Gasteiger partial charge in [-0.1, -0.05) is 250 Å². The quantitative estimate of drug-likeness (QED) is 0.181. The first-order valence-corrected chi connectivity index (χ1v) is 25.3. The van der Waals surface area contributed by atoms with Crippen molar-refractivity contribution in [1.29, 1.82) is 0 Å². The lowest BCUT2D eigenvalue weighted by atomic mass is 9.67. The van der Waals surface area contributed by atoms with Gasteiger partial charge in [0.05, 0.1) is 10.8 Å². The van der Waals surface area contributed by atoms with E-state index in [4.69, 9.17) is 0 Å². The van der Waals surface area contributed by atoms with E-state index in [9.17, 15) is 0 Å². The van der Waals surface area contributed by atoms with Crippen LogP contribution in [-0.4, -0.2) is 0 Å². The normalized spacial score (nSPS) is 14.6. The molecule has 0 saturated heterocycles. The van der Waals surface area contributed by atoms with Crippen molar-refractivity contribution in [3.8, 4) is 55.6 Å². The Hall–Kier alpha value is -8.78. The van der Waals surface area contributed by atoms with Gasteiger partial charge in [0.25, 0.3) is 0 Å². The fourth-order valence-corrected chi connectivity index (χ4v) is 13.4. The molecule has 1 spiro atoms. The van der Waals surface area contributed by atoms with Crippen molar-refractivity contribution in [2.45, 2.75) is 30.1 Å². The van der Waals surface area contributed by atoms with Crippen LogP contribution in [0.2, 0.25) is 0 Å². The highest BCUT2D eigenvalue weighted by molar-refractivity contribution is 5.95. The van der Waals surface area contributed by atoms with Gasteiger partial charge in [0, 0.05) is 16.8 Å². The molecule has 4 aliphatic carbocycles. The SMILES string of the molecule is CC1(C)c2ccccc2-c2ccc(-c3ccc(Nc4ccc5c(c4)C(c4ccccc4)(c4ccccc4)c4ccccc4-5)cc3)cc21.c1ccc2c(c1)-c1ccccc1C21c2ccccc2-c2ccccc21. The molecule has 0 fully saturated rings. The minimum absolute atomic E-state index is 0.00855. The zero-order valence-corrected chi connectivity index (χ0v) is 40.4. The topological polar surface area (TPSA) is 12.0 Å². The van der Waals surface area contributed by atoms with Gasteiger partial charge in [-0.05, 0) is 142 Å². The van der Waals surface area contributed by atoms with E-state index in [0.29, 0.717) is 0 Å². The smallest absolute Gasteiger partial charge is 0.0725 e. The summed E-state index contributed by atoms with van der Waals surface area (Å²) in [5, 5.41) is 3.75. The first kappa shape index (κ1) is 42.1. The predicted octanol–water partition coefficient (Wildman–Crippen LogP) is 17.8. The molecule has 1 N–H and O–H groups in total. The molecule has 0 aliphatic heterocycles. The molecule has 4 aliphatic rings. The molecule has 0 heterocycles. The first-order chi connectivity index (χ1) is 35.5. The van der Waals surface area contributed by atoms with Gasteiger partial charge in [0.15, 0.2) is 0 Å². The van der Waals surface area contributed by atoms with E-state index in [1.807, 2.05) is 0 Å². The Labute approximate surface area is 422 Å². The van der Waals surface area contributed by atoms with E-state index >= 15 is 0 Å². The highest BCUT2D eigenvalue weighted by Crippen LogP contribution is 2.63. The highest BCUT2D eigenvalue weighted by Gasteiger charge is 2.51. The van der Waals surface area contributed by atoms with E-state index in [-0.39, 0.29) is 10.8 Å². The second-order valence-electron chi connectivity index (χ2n) is 20.4. The van der Waals surface area contributed by atoms with Gasteiger partial charge >= 0.3 is 0 Å². The zero-order chi connectivity index (χ0) is 48.0. The summed E-state index contributed by atoms with van der Waals surface area (Å²) in [6.07, 6.45) is 0. The zero-order valence-electron chi connectivity index (χ0n) is 40.4. The Morgan fingerprint density at radius 2 is 0.569 bits per heavy atom. The number of benzene rings is 11. The van der Waals surface area contributed by atoms with Crippen LogP contribution < -0.4 is 5.32 Å². The fourth-order valence-electron chi connectivity index (χ4n) is 13.4. The lowest BCUT2D eigenvalue weighted by Gasteiger charge is -2.34. The third-order valence-electron chi connectivity index (χ3n) is 16.5. The van der Waals surface area contributed by atoms with Crippen LogP contribution >= 0.6 is 0 Å². The van der Waals surface area contributed by atoms with Crippen molar-refractivity contribution in [2.75, 3.05) is 5.32 Å². The summed E-state index contributed by atoms with van der Waals surface area (Å²) in [6, 6.07) is 98.0. The van der Waals surface area contributed by atoms with Gasteiger partial charge in [-0.25, -0.2) is 0 Å². The average molecular weight is 918 g/mol. The summed E-state index contributed by atoms with van der Waals surface area (Å²) in [5.41, 5.74) is 28.4. The molecule has 1 nitrogen and oxygen atoms in total. The van der Waals surface area contributed by atoms with Gasteiger partial charge in [-0.15, -0.1) is 0 Å². The van der Waals surface area contributed by atoms with Crippen LogP contribution in [0.5, 0.6) is 0 Å². The molecular weight excluding hydrogens is 867 g/mol. The van der Waals surface area contributed by atoms with Crippen LogP contribution in [-0.2, 0) is 16.2 Å². The summed E-state index contributed by atoms with van der Waals surface area (Å²) < 4.78 is 0. The maximum Gasteiger partial charge on any atom is 0.0725 e. The number of anilines is 2. The van der Waals surface area contributed by atoms with Crippen molar-refractivity contribution >= 4 is 11.4 Å². The Kier molecular flexibility index (Phi) is 9.44.